The lowest BCUT2D eigenvalue weighted by molar-refractivity contribution is 0.635. The largest absolute Gasteiger partial charge is 0.308 e. The first-order valence-corrected chi connectivity index (χ1v) is 6.98. The minimum absolute atomic E-state index is 0.540. The number of anilines is 1. The Labute approximate surface area is 121 Å². The molecule has 0 saturated carbocycles. The van der Waals surface area contributed by atoms with Crippen molar-refractivity contribution in [2.24, 2.45) is 11.8 Å². The Hall–Kier alpha value is -1.46. The average molecular weight is 321 g/mol. The Bertz CT molecular complexity index is 552. The van der Waals surface area contributed by atoms with Crippen LogP contribution in [0.4, 0.5) is 5.82 Å². The van der Waals surface area contributed by atoms with Gasteiger partial charge in [0.2, 0.25) is 0 Å². The highest BCUT2D eigenvalue weighted by atomic mass is 79.9. The van der Waals surface area contributed by atoms with Crippen LogP contribution in [-0.4, -0.2) is 9.97 Å². The van der Waals surface area contributed by atoms with Crippen LogP contribution in [0.1, 0.15) is 19.5 Å². The number of nitrogens with two attached hydrogens (primary N) is 1. The van der Waals surface area contributed by atoms with Crippen LogP contribution in [-0.2, 0) is 6.42 Å². The van der Waals surface area contributed by atoms with Crippen LogP contribution in [0.15, 0.2) is 34.8 Å². The molecule has 1 aromatic heterocycles. The maximum Gasteiger partial charge on any atom is 0.161 e. The summed E-state index contributed by atoms with van der Waals surface area (Å²) in [7, 11) is 0. The Balaban J connectivity index is 2.41. The van der Waals surface area contributed by atoms with Crippen molar-refractivity contribution >= 4 is 21.7 Å². The van der Waals surface area contributed by atoms with E-state index in [2.05, 4.69) is 45.2 Å². The fourth-order valence-corrected chi connectivity index (χ4v) is 2.09. The molecule has 100 valence electrons. The second-order valence-electron chi connectivity index (χ2n) is 4.82. The Kier molecular flexibility index (Phi) is 4.50. The summed E-state index contributed by atoms with van der Waals surface area (Å²) in [5.41, 5.74) is 4.58. The van der Waals surface area contributed by atoms with Gasteiger partial charge in [-0.25, -0.2) is 15.8 Å². The monoisotopic (exact) mass is 320 g/mol. The van der Waals surface area contributed by atoms with Gasteiger partial charge in [0.15, 0.2) is 5.82 Å². The Morgan fingerprint density at radius 3 is 2.47 bits per heavy atom. The number of rotatable bonds is 4. The summed E-state index contributed by atoms with van der Waals surface area (Å²) in [5, 5.41) is 0. The predicted octanol–water partition coefficient (Wildman–Crippen LogP) is 3.39. The smallest absolute Gasteiger partial charge is 0.161 e. The number of hydrazine groups is 1. The molecule has 0 saturated heterocycles. The number of halogens is 1. The molecule has 0 radical (unpaired) electrons. The molecule has 4 nitrogen and oxygen atoms in total. The quantitative estimate of drug-likeness (QED) is 0.669. The van der Waals surface area contributed by atoms with E-state index in [-0.39, 0.29) is 0 Å². The lowest BCUT2D eigenvalue weighted by Crippen LogP contribution is -2.11. The van der Waals surface area contributed by atoms with Crippen LogP contribution in [0.25, 0.3) is 11.4 Å². The number of aromatic nitrogens is 2. The molecule has 0 unspecified atom stereocenters. The highest BCUT2D eigenvalue weighted by molar-refractivity contribution is 9.10. The number of hydrogen-bond donors (Lipinski definition) is 2. The number of nitrogens with zero attached hydrogens (tertiary/aromatic N) is 2. The highest BCUT2D eigenvalue weighted by Crippen LogP contribution is 2.21. The maximum absolute atomic E-state index is 5.47. The topological polar surface area (TPSA) is 63.8 Å². The van der Waals surface area contributed by atoms with Gasteiger partial charge in [0.1, 0.15) is 5.82 Å². The lowest BCUT2D eigenvalue weighted by Gasteiger charge is -2.09. The number of nitrogens with one attached hydrogen (secondary N) is 1. The van der Waals surface area contributed by atoms with Gasteiger partial charge in [-0.05, 0) is 24.5 Å². The predicted molar refractivity (Wildman–Crippen MR) is 81.5 cm³/mol. The van der Waals surface area contributed by atoms with Crippen LogP contribution in [0, 0.1) is 5.92 Å². The molecule has 0 spiro atoms. The molecule has 0 atom stereocenters. The van der Waals surface area contributed by atoms with Crippen molar-refractivity contribution < 1.29 is 0 Å². The maximum atomic E-state index is 5.47. The first-order chi connectivity index (χ1) is 9.08. The standard InChI is InChI=1S/C14H17BrN4/c1-9(2)7-12-8-13(19-16)18-14(17-12)10-3-5-11(15)6-4-10/h3-6,8-9H,7,16H2,1-2H3,(H,17,18,19). The number of benzene rings is 1. The van der Waals surface area contributed by atoms with Gasteiger partial charge in [-0.1, -0.05) is 41.9 Å². The molecule has 0 bridgehead atoms. The highest BCUT2D eigenvalue weighted by Gasteiger charge is 2.08. The minimum Gasteiger partial charge on any atom is -0.308 e. The van der Waals surface area contributed by atoms with Gasteiger partial charge in [-0.15, -0.1) is 0 Å². The van der Waals surface area contributed by atoms with E-state index in [1.165, 1.54) is 0 Å². The van der Waals surface area contributed by atoms with Gasteiger partial charge >= 0.3 is 0 Å². The van der Waals surface area contributed by atoms with Gasteiger partial charge in [-0.2, -0.15) is 0 Å². The van der Waals surface area contributed by atoms with E-state index >= 15 is 0 Å². The van der Waals surface area contributed by atoms with E-state index in [1.807, 2.05) is 30.3 Å². The first-order valence-electron chi connectivity index (χ1n) is 6.19. The van der Waals surface area contributed by atoms with E-state index in [1.54, 1.807) is 0 Å². The number of nitrogen functional groups attached to an aromatic ring is 1. The van der Waals surface area contributed by atoms with Crippen LogP contribution >= 0.6 is 15.9 Å². The van der Waals surface area contributed by atoms with E-state index < -0.39 is 0 Å². The lowest BCUT2D eigenvalue weighted by atomic mass is 10.1. The average Bonchev–Trinajstić information content (AvgIpc) is 2.38. The van der Waals surface area contributed by atoms with Gasteiger partial charge in [0, 0.05) is 21.8 Å². The summed E-state index contributed by atoms with van der Waals surface area (Å²) in [6, 6.07) is 9.81. The van der Waals surface area contributed by atoms with Crippen molar-refractivity contribution in [3.05, 3.63) is 40.5 Å². The molecular weight excluding hydrogens is 304 g/mol. The zero-order valence-corrected chi connectivity index (χ0v) is 12.6. The molecule has 1 heterocycles. The fourth-order valence-electron chi connectivity index (χ4n) is 1.82. The second-order valence-corrected chi connectivity index (χ2v) is 5.73. The summed E-state index contributed by atoms with van der Waals surface area (Å²) in [6.45, 7) is 4.33. The van der Waals surface area contributed by atoms with Gasteiger partial charge in [0.25, 0.3) is 0 Å². The molecule has 3 N–H and O–H groups in total. The molecule has 5 heteroatoms. The van der Waals surface area contributed by atoms with Gasteiger partial charge in [0.05, 0.1) is 0 Å². The molecule has 0 aliphatic heterocycles. The van der Waals surface area contributed by atoms with Crippen LogP contribution in [0.2, 0.25) is 0 Å². The third kappa shape index (κ3) is 3.75. The van der Waals surface area contributed by atoms with Gasteiger partial charge < -0.3 is 5.43 Å². The van der Waals surface area contributed by atoms with Gasteiger partial charge in [-0.3, -0.25) is 0 Å². The summed E-state index contributed by atoms with van der Waals surface area (Å²) in [6.07, 6.45) is 0.904. The Morgan fingerprint density at radius 1 is 1.21 bits per heavy atom. The molecule has 0 fully saturated rings. The summed E-state index contributed by atoms with van der Waals surface area (Å²) >= 11 is 3.42. The van der Waals surface area contributed by atoms with Crippen molar-refractivity contribution in [1.82, 2.24) is 9.97 Å². The molecule has 2 rings (SSSR count). The first kappa shape index (κ1) is 14.0. The minimum atomic E-state index is 0.540. The molecule has 1 aromatic carbocycles. The normalized spacial score (nSPS) is 10.8. The van der Waals surface area contributed by atoms with Crippen molar-refractivity contribution in [3.8, 4) is 11.4 Å². The number of hydrogen-bond acceptors (Lipinski definition) is 4. The summed E-state index contributed by atoms with van der Waals surface area (Å²) in [5.74, 6) is 7.35. The molecule has 0 aliphatic rings. The second kappa shape index (κ2) is 6.12. The van der Waals surface area contributed by atoms with Crippen molar-refractivity contribution in [2.45, 2.75) is 20.3 Å². The van der Waals surface area contributed by atoms with Crippen molar-refractivity contribution in [2.75, 3.05) is 5.43 Å². The third-order valence-electron chi connectivity index (χ3n) is 2.65. The van der Waals surface area contributed by atoms with E-state index in [0.717, 1.165) is 22.2 Å². The van der Waals surface area contributed by atoms with Crippen LogP contribution < -0.4 is 11.3 Å². The third-order valence-corrected chi connectivity index (χ3v) is 3.18. The molecule has 0 aliphatic carbocycles. The SMILES string of the molecule is CC(C)Cc1cc(NN)nc(-c2ccc(Br)cc2)n1. The molecule has 2 aromatic rings. The van der Waals surface area contributed by atoms with E-state index in [4.69, 9.17) is 5.84 Å². The van der Waals surface area contributed by atoms with Crippen LogP contribution in [0.5, 0.6) is 0 Å². The molecular formula is C14H17BrN4. The van der Waals surface area contributed by atoms with Crippen molar-refractivity contribution in [1.29, 1.82) is 0 Å². The molecule has 0 amide bonds. The summed E-state index contributed by atoms with van der Waals surface area (Å²) < 4.78 is 1.03. The fraction of sp³-hybridized carbons (Fsp3) is 0.286. The van der Waals surface area contributed by atoms with E-state index in [0.29, 0.717) is 17.6 Å². The summed E-state index contributed by atoms with van der Waals surface area (Å²) in [4.78, 5) is 9.00. The van der Waals surface area contributed by atoms with E-state index in [9.17, 15) is 0 Å². The molecule has 19 heavy (non-hydrogen) atoms. The Morgan fingerprint density at radius 2 is 1.89 bits per heavy atom. The van der Waals surface area contributed by atoms with Crippen LogP contribution in [0.3, 0.4) is 0 Å². The zero-order valence-electron chi connectivity index (χ0n) is 11.0. The van der Waals surface area contributed by atoms with Crippen molar-refractivity contribution in [3.63, 3.8) is 0 Å². The zero-order chi connectivity index (χ0) is 13.8.